The van der Waals surface area contributed by atoms with E-state index in [0.29, 0.717) is 13.1 Å². The fraction of sp³-hybridized carbons (Fsp3) is 0.429. The molecule has 7 nitrogen and oxygen atoms in total. The third-order valence-electron chi connectivity index (χ3n) is 5.67. The topological polar surface area (TPSA) is 92.4 Å². The van der Waals surface area contributed by atoms with Gasteiger partial charge in [0.2, 0.25) is 17.8 Å². The molecule has 2 atom stereocenters. The second kappa shape index (κ2) is 7.58. The fourth-order valence-electron chi connectivity index (χ4n) is 4.14. The highest BCUT2D eigenvalue weighted by molar-refractivity contribution is 6.00. The van der Waals surface area contributed by atoms with Gasteiger partial charge in [-0.05, 0) is 38.0 Å². The maximum absolute atomic E-state index is 13.1. The summed E-state index contributed by atoms with van der Waals surface area (Å²) >= 11 is 0. The molecule has 1 aromatic heterocycles. The first-order chi connectivity index (χ1) is 13.5. The number of aromatic nitrogens is 2. The first kappa shape index (κ1) is 18.4. The third-order valence-corrected chi connectivity index (χ3v) is 5.67. The zero-order valence-corrected chi connectivity index (χ0v) is 16.0. The van der Waals surface area contributed by atoms with E-state index in [4.69, 9.17) is 5.73 Å². The fourth-order valence-corrected chi connectivity index (χ4v) is 4.14. The smallest absolute Gasteiger partial charge is 0.228 e. The Morgan fingerprint density at radius 1 is 1.18 bits per heavy atom. The van der Waals surface area contributed by atoms with E-state index in [-0.39, 0.29) is 36.0 Å². The summed E-state index contributed by atoms with van der Waals surface area (Å²) in [6, 6.07) is 9.72. The van der Waals surface area contributed by atoms with Crippen molar-refractivity contribution in [2.24, 2.45) is 5.92 Å². The highest BCUT2D eigenvalue weighted by Gasteiger charge is 2.38. The van der Waals surface area contributed by atoms with Crippen LogP contribution in [0.25, 0.3) is 0 Å². The number of nitrogens with two attached hydrogens (primary N) is 1. The lowest BCUT2D eigenvalue weighted by molar-refractivity contribution is -0.137. The van der Waals surface area contributed by atoms with Gasteiger partial charge in [-0.2, -0.15) is 0 Å². The Balaban J connectivity index is 1.44. The van der Waals surface area contributed by atoms with Crippen LogP contribution >= 0.6 is 0 Å². The summed E-state index contributed by atoms with van der Waals surface area (Å²) in [5.41, 5.74) is 8.60. The number of anilines is 2. The molecule has 0 spiro atoms. The van der Waals surface area contributed by atoms with E-state index in [0.717, 1.165) is 36.3 Å². The first-order valence-electron chi connectivity index (χ1n) is 9.75. The van der Waals surface area contributed by atoms with Crippen LogP contribution < -0.4 is 10.6 Å². The molecule has 2 N–H and O–H groups in total. The van der Waals surface area contributed by atoms with Crippen LogP contribution in [0, 0.1) is 12.8 Å². The number of rotatable bonds is 3. The highest BCUT2D eigenvalue weighted by atomic mass is 16.2. The molecule has 2 aliphatic heterocycles. The third kappa shape index (κ3) is 3.69. The number of amides is 2. The molecule has 1 aromatic carbocycles. The van der Waals surface area contributed by atoms with Gasteiger partial charge in [-0.1, -0.05) is 17.7 Å². The standard InChI is InChI=1S/C21H25N5O2/c1-14-4-6-17(7-5-14)26-13-16(11-19(26)27)20(28)25-10-2-3-15(12-25)18-8-9-23-21(22)24-18/h4-9,15-16H,2-3,10-13H2,1H3,(H2,22,23,24)/t15-,16+/m0/s1. The molecule has 4 rings (SSSR count). The largest absolute Gasteiger partial charge is 0.368 e. The molecule has 2 aromatic rings. The van der Waals surface area contributed by atoms with E-state index in [9.17, 15) is 9.59 Å². The van der Waals surface area contributed by atoms with Crippen molar-refractivity contribution in [3.8, 4) is 0 Å². The van der Waals surface area contributed by atoms with Crippen LogP contribution in [-0.2, 0) is 9.59 Å². The number of benzene rings is 1. The maximum Gasteiger partial charge on any atom is 0.228 e. The average Bonchev–Trinajstić information content (AvgIpc) is 3.10. The number of nitrogens with zero attached hydrogens (tertiary/aromatic N) is 4. The summed E-state index contributed by atoms with van der Waals surface area (Å²) in [5.74, 6) is 0.210. The van der Waals surface area contributed by atoms with Crippen LogP contribution in [0.1, 0.15) is 36.4 Å². The van der Waals surface area contributed by atoms with Crippen molar-refractivity contribution in [1.29, 1.82) is 0 Å². The highest BCUT2D eigenvalue weighted by Crippen LogP contribution is 2.30. The Kier molecular flexibility index (Phi) is 4.98. The number of piperidine rings is 1. The lowest BCUT2D eigenvalue weighted by Crippen LogP contribution is -2.43. The molecule has 28 heavy (non-hydrogen) atoms. The van der Waals surface area contributed by atoms with Crippen molar-refractivity contribution in [2.75, 3.05) is 30.3 Å². The van der Waals surface area contributed by atoms with Crippen LogP contribution in [-0.4, -0.2) is 46.3 Å². The summed E-state index contributed by atoms with van der Waals surface area (Å²) in [6.07, 6.45) is 3.82. The predicted octanol–water partition coefficient (Wildman–Crippen LogP) is 2.13. The van der Waals surface area contributed by atoms with Crippen molar-refractivity contribution in [3.63, 3.8) is 0 Å². The van der Waals surface area contributed by atoms with Gasteiger partial charge in [0.05, 0.1) is 11.6 Å². The first-order valence-corrected chi connectivity index (χ1v) is 9.75. The van der Waals surface area contributed by atoms with Gasteiger partial charge in [-0.15, -0.1) is 0 Å². The summed E-state index contributed by atoms with van der Waals surface area (Å²) in [4.78, 5) is 37.5. The van der Waals surface area contributed by atoms with Gasteiger partial charge in [0, 0.05) is 43.9 Å². The van der Waals surface area contributed by atoms with E-state index in [1.807, 2.05) is 42.2 Å². The van der Waals surface area contributed by atoms with Crippen LogP contribution in [0.3, 0.4) is 0 Å². The molecule has 2 fully saturated rings. The Labute approximate surface area is 164 Å². The summed E-state index contributed by atoms with van der Waals surface area (Å²) in [7, 11) is 0. The lowest BCUT2D eigenvalue weighted by Gasteiger charge is -2.34. The van der Waals surface area contributed by atoms with Gasteiger partial charge in [0.15, 0.2) is 0 Å². The molecule has 0 saturated carbocycles. The van der Waals surface area contributed by atoms with Crippen LogP contribution in [0.15, 0.2) is 36.5 Å². The summed E-state index contributed by atoms with van der Waals surface area (Å²) in [5, 5.41) is 0. The van der Waals surface area contributed by atoms with Crippen molar-refractivity contribution >= 4 is 23.5 Å². The van der Waals surface area contributed by atoms with Crippen LogP contribution in [0.5, 0.6) is 0 Å². The number of carbonyl (C=O) groups excluding carboxylic acids is 2. The van der Waals surface area contributed by atoms with Crippen molar-refractivity contribution < 1.29 is 9.59 Å². The molecule has 146 valence electrons. The summed E-state index contributed by atoms with van der Waals surface area (Å²) in [6.45, 7) is 3.80. The molecule has 0 bridgehead atoms. The molecule has 2 amide bonds. The molecular formula is C21H25N5O2. The van der Waals surface area contributed by atoms with Crippen LogP contribution in [0.4, 0.5) is 11.6 Å². The zero-order chi connectivity index (χ0) is 19.7. The minimum absolute atomic E-state index is 0.0133. The van der Waals surface area contributed by atoms with Crippen molar-refractivity contribution in [2.45, 2.75) is 32.1 Å². The van der Waals surface area contributed by atoms with Crippen LogP contribution in [0.2, 0.25) is 0 Å². The molecule has 7 heteroatoms. The Hall–Kier alpha value is -2.96. The van der Waals surface area contributed by atoms with Gasteiger partial charge >= 0.3 is 0 Å². The predicted molar refractivity (Wildman–Crippen MR) is 107 cm³/mol. The van der Waals surface area contributed by atoms with Crippen molar-refractivity contribution in [1.82, 2.24) is 14.9 Å². The van der Waals surface area contributed by atoms with Gasteiger partial charge in [-0.25, -0.2) is 9.97 Å². The number of likely N-dealkylation sites (tertiary alicyclic amines) is 1. The van der Waals surface area contributed by atoms with E-state index in [1.165, 1.54) is 0 Å². The molecule has 3 heterocycles. The minimum atomic E-state index is -0.289. The number of nitrogen functional groups attached to an aromatic ring is 1. The van der Waals surface area contributed by atoms with Gasteiger partial charge in [-0.3, -0.25) is 9.59 Å². The SMILES string of the molecule is Cc1ccc(N2C[C@H](C(=O)N3CCC[C@H](c4ccnc(N)n4)C3)CC2=O)cc1. The molecular weight excluding hydrogens is 354 g/mol. The average molecular weight is 379 g/mol. The van der Waals surface area contributed by atoms with E-state index < -0.39 is 0 Å². The molecule has 0 aliphatic carbocycles. The Morgan fingerprint density at radius 3 is 2.71 bits per heavy atom. The molecule has 2 saturated heterocycles. The number of hydrogen-bond donors (Lipinski definition) is 1. The number of carbonyl (C=O) groups is 2. The second-order valence-corrected chi connectivity index (χ2v) is 7.70. The normalized spacial score (nSPS) is 22.5. The van der Waals surface area contributed by atoms with E-state index in [2.05, 4.69) is 9.97 Å². The molecule has 2 aliphatic rings. The van der Waals surface area contributed by atoms with Gasteiger partial charge < -0.3 is 15.5 Å². The number of hydrogen-bond acceptors (Lipinski definition) is 5. The molecule has 0 unspecified atom stereocenters. The van der Waals surface area contributed by atoms with Crippen molar-refractivity contribution in [3.05, 3.63) is 47.8 Å². The second-order valence-electron chi connectivity index (χ2n) is 7.70. The summed E-state index contributed by atoms with van der Waals surface area (Å²) < 4.78 is 0. The Bertz CT molecular complexity index is 883. The quantitative estimate of drug-likeness (QED) is 0.882. The van der Waals surface area contributed by atoms with E-state index >= 15 is 0 Å². The monoisotopic (exact) mass is 379 g/mol. The van der Waals surface area contributed by atoms with Gasteiger partial charge in [0.1, 0.15) is 0 Å². The zero-order valence-electron chi connectivity index (χ0n) is 16.0. The molecule has 0 radical (unpaired) electrons. The minimum Gasteiger partial charge on any atom is -0.368 e. The number of aryl methyl sites for hydroxylation is 1. The van der Waals surface area contributed by atoms with Gasteiger partial charge in [0.25, 0.3) is 0 Å². The Morgan fingerprint density at radius 2 is 1.96 bits per heavy atom. The maximum atomic E-state index is 13.1. The van der Waals surface area contributed by atoms with E-state index in [1.54, 1.807) is 11.1 Å². The lowest BCUT2D eigenvalue weighted by atomic mass is 9.93.